The molecule has 2 rings (SSSR count). The SMILES string of the molecule is CNC(CC1CCCCC1)c1ccc(C)c(Cl)c1. The van der Waals surface area contributed by atoms with Crippen molar-refractivity contribution in [1.82, 2.24) is 5.32 Å². The summed E-state index contributed by atoms with van der Waals surface area (Å²) in [6.07, 6.45) is 8.30. The Morgan fingerprint density at radius 2 is 2.00 bits per heavy atom. The van der Waals surface area contributed by atoms with E-state index < -0.39 is 0 Å². The molecular weight excluding hydrogens is 242 g/mol. The molecule has 1 fully saturated rings. The van der Waals surface area contributed by atoms with Gasteiger partial charge in [0.1, 0.15) is 0 Å². The van der Waals surface area contributed by atoms with Gasteiger partial charge in [0.2, 0.25) is 0 Å². The van der Waals surface area contributed by atoms with Gasteiger partial charge in [-0.15, -0.1) is 0 Å². The quantitative estimate of drug-likeness (QED) is 0.818. The lowest BCUT2D eigenvalue weighted by atomic mass is 9.83. The molecule has 0 aliphatic heterocycles. The summed E-state index contributed by atoms with van der Waals surface area (Å²) in [6.45, 7) is 2.06. The zero-order chi connectivity index (χ0) is 13.0. The number of rotatable bonds is 4. The molecule has 0 aromatic heterocycles. The smallest absolute Gasteiger partial charge is 0.0438 e. The van der Waals surface area contributed by atoms with E-state index in [1.807, 2.05) is 0 Å². The van der Waals surface area contributed by atoms with Crippen LogP contribution in [0.25, 0.3) is 0 Å². The van der Waals surface area contributed by atoms with E-state index >= 15 is 0 Å². The lowest BCUT2D eigenvalue weighted by molar-refractivity contribution is 0.306. The largest absolute Gasteiger partial charge is 0.313 e. The van der Waals surface area contributed by atoms with Gasteiger partial charge in [0.15, 0.2) is 0 Å². The number of aryl methyl sites for hydroxylation is 1. The number of halogens is 1. The maximum absolute atomic E-state index is 6.23. The van der Waals surface area contributed by atoms with Gasteiger partial charge in [0.05, 0.1) is 0 Å². The van der Waals surface area contributed by atoms with Gasteiger partial charge in [-0.2, -0.15) is 0 Å². The molecule has 1 saturated carbocycles. The van der Waals surface area contributed by atoms with Crippen LogP contribution in [-0.4, -0.2) is 7.05 Å². The highest BCUT2D eigenvalue weighted by atomic mass is 35.5. The van der Waals surface area contributed by atoms with Crippen LogP contribution in [0.15, 0.2) is 18.2 Å². The van der Waals surface area contributed by atoms with Gasteiger partial charge in [-0.05, 0) is 43.5 Å². The van der Waals surface area contributed by atoms with Crippen LogP contribution in [0.2, 0.25) is 5.02 Å². The molecule has 1 aromatic rings. The molecule has 1 nitrogen and oxygen atoms in total. The molecule has 0 saturated heterocycles. The van der Waals surface area contributed by atoms with E-state index in [0.717, 1.165) is 16.5 Å². The van der Waals surface area contributed by atoms with Crippen LogP contribution in [-0.2, 0) is 0 Å². The van der Waals surface area contributed by atoms with Crippen LogP contribution in [0, 0.1) is 12.8 Å². The van der Waals surface area contributed by atoms with E-state index in [-0.39, 0.29) is 0 Å². The Morgan fingerprint density at radius 3 is 2.61 bits per heavy atom. The fourth-order valence-corrected chi connectivity index (χ4v) is 3.19. The van der Waals surface area contributed by atoms with Crippen molar-refractivity contribution in [2.45, 2.75) is 51.5 Å². The highest BCUT2D eigenvalue weighted by molar-refractivity contribution is 6.31. The van der Waals surface area contributed by atoms with E-state index in [9.17, 15) is 0 Å². The van der Waals surface area contributed by atoms with E-state index in [2.05, 4.69) is 37.5 Å². The average molecular weight is 266 g/mol. The van der Waals surface area contributed by atoms with Gasteiger partial charge in [0, 0.05) is 11.1 Å². The zero-order valence-electron chi connectivity index (χ0n) is 11.5. The van der Waals surface area contributed by atoms with Gasteiger partial charge >= 0.3 is 0 Å². The lowest BCUT2D eigenvalue weighted by Crippen LogP contribution is -2.21. The molecule has 0 bridgehead atoms. The molecule has 1 aliphatic carbocycles. The predicted molar refractivity (Wildman–Crippen MR) is 79.2 cm³/mol. The Kier molecular flexibility index (Phi) is 5.08. The minimum Gasteiger partial charge on any atom is -0.313 e. The van der Waals surface area contributed by atoms with E-state index in [0.29, 0.717) is 6.04 Å². The van der Waals surface area contributed by atoms with Crippen LogP contribution in [0.1, 0.15) is 55.7 Å². The third-order valence-corrected chi connectivity index (χ3v) is 4.65. The summed E-state index contributed by atoms with van der Waals surface area (Å²) in [6, 6.07) is 6.92. The maximum atomic E-state index is 6.23. The second-order valence-corrected chi connectivity index (χ2v) is 6.00. The summed E-state index contributed by atoms with van der Waals surface area (Å²) in [5, 5.41) is 4.34. The Balaban J connectivity index is 2.04. The van der Waals surface area contributed by atoms with Crippen LogP contribution in [0.3, 0.4) is 0 Å². The molecule has 0 amide bonds. The van der Waals surface area contributed by atoms with E-state index in [1.165, 1.54) is 44.1 Å². The fraction of sp³-hybridized carbons (Fsp3) is 0.625. The first-order valence-electron chi connectivity index (χ1n) is 7.14. The molecule has 1 aromatic carbocycles. The first-order chi connectivity index (χ1) is 8.70. The monoisotopic (exact) mass is 265 g/mol. The standard InChI is InChI=1S/C16H24ClN/c1-12-8-9-14(11-15(12)17)16(18-2)10-13-6-4-3-5-7-13/h8-9,11,13,16,18H,3-7,10H2,1-2H3. The Hall–Kier alpha value is -0.530. The van der Waals surface area contributed by atoms with E-state index in [4.69, 9.17) is 11.6 Å². The lowest BCUT2D eigenvalue weighted by Gasteiger charge is -2.26. The molecule has 1 atom stereocenters. The molecule has 18 heavy (non-hydrogen) atoms. The van der Waals surface area contributed by atoms with Gasteiger partial charge in [-0.1, -0.05) is 55.8 Å². The maximum Gasteiger partial charge on any atom is 0.0438 e. The third-order valence-electron chi connectivity index (χ3n) is 4.24. The average Bonchev–Trinajstić information content (AvgIpc) is 2.40. The topological polar surface area (TPSA) is 12.0 Å². The highest BCUT2D eigenvalue weighted by Crippen LogP contribution is 2.32. The number of hydrogen-bond donors (Lipinski definition) is 1. The second-order valence-electron chi connectivity index (χ2n) is 5.59. The van der Waals surface area contributed by atoms with Crippen molar-refractivity contribution >= 4 is 11.6 Å². The number of benzene rings is 1. The second kappa shape index (κ2) is 6.58. The fourth-order valence-electron chi connectivity index (χ4n) is 3.00. The van der Waals surface area contributed by atoms with Crippen molar-refractivity contribution in [2.75, 3.05) is 7.05 Å². The molecule has 0 radical (unpaired) electrons. The van der Waals surface area contributed by atoms with Gasteiger partial charge in [-0.25, -0.2) is 0 Å². The Labute approximate surface area is 116 Å². The van der Waals surface area contributed by atoms with Gasteiger partial charge in [-0.3, -0.25) is 0 Å². The normalized spacial score (nSPS) is 18.8. The van der Waals surface area contributed by atoms with Crippen molar-refractivity contribution in [3.63, 3.8) is 0 Å². The molecule has 0 heterocycles. The highest BCUT2D eigenvalue weighted by Gasteiger charge is 2.19. The first kappa shape index (κ1) is 13.9. The summed E-state index contributed by atoms with van der Waals surface area (Å²) >= 11 is 6.23. The Bertz CT molecular complexity index is 383. The van der Waals surface area contributed by atoms with Crippen molar-refractivity contribution in [3.05, 3.63) is 34.3 Å². The minimum atomic E-state index is 0.450. The van der Waals surface area contributed by atoms with Crippen molar-refractivity contribution in [2.24, 2.45) is 5.92 Å². The Morgan fingerprint density at radius 1 is 1.28 bits per heavy atom. The van der Waals surface area contributed by atoms with Crippen LogP contribution in [0.5, 0.6) is 0 Å². The molecule has 1 unspecified atom stereocenters. The summed E-state index contributed by atoms with van der Waals surface area (Å²) in [7, 11) is 2.06. The van der Waals surface area contributed by atoms with Gasteiger partial charge < -0.3 is 5.32 Å². The summed E-state index contributed by atoms with van der Waals surface area (Å²) < 4.78 is 0. The predicted octanol–water partition coefficient (Wildman–Crippen LogP) is 4.88. The third kappa shape index (κ3) is 3.49. The van der Waals surface area contributed by atoms with Crippen molar-refractivity contribution in [1.29, 1.82) is 0 Å². The van der Waals surface area contributed by atoms with Crippen LogP contribution < -0.4 is 5.32 Å². The molecular formula is C16H24ClN. The summed E-state index contributed by atoms with van der Waals surface area (Å²) in [4.78, 5) is 0. The molecule has 0 spiro atoms. The number of nitrogens with one attached hydrogen (secondary N) is 1. The molecule has 1 N–H and O–H groups in total. The van der Waals surface area contributed by atoms with Gasteiger partial charge in [0.25, 0.3) is 0 Å². The minimum absolute atomic E-state index is 0.450. The van der Waals surface area contributed by atoms with E-state index in [1.54, 1.807) is 0 Å². The molecule has 2 heteroatoms. The summed E-state index contributed by atoms with van der Waals surface area (Å²) in [5.41, 5.74) is 2.49. The molecule has 1 aliphatic rings. The zero-order valence-corrected chi connectivity index (χ0v) is 12.3. The first-order valence-corrected chi connectivity index (χ1v) is 7.52. The van der Waals surface area contributed by atoms with Crippen LogP contribution in [0.4, 0.5) is 0 Å². The number of hydrogen-bond acceptors (Lipinski definition) is 1. The van der Waals surface area contributed by atoms with Crippen molar-refractivity contribution in [3.8, 4) is 0 Å². The molecule has 100 valence electrons. The van der Waals surface area contributed by atoms with Crippen LogP contribution >= 0.6 is 11.6 Å². The van der Waals surface area contributed by atoms with Crippen molar-refractivity contribution < 1.29 is 0 Å². The summed E-state index contributed by atoms with van der Waals surface area (Å²) in [5.74, 6) is 0.885.